The minimum absolute atomic E-state index is 0.220. The molecule has 1 aliphatic carbocycles. The zero-order valence-electron chi connectivity index (χ0n) is 17.3. The van der Waals surface area contributed by atoms with Gasteiger partial charge in [-0.15, -0.1) is 0 Å². The molecule has 3 N–H and O–H groups in total. The molecule has 0 aromatic heterocycles. The highest BCUT2D eigenvalue weighted by molar-refractivity contribution is 7.38. The predicted molar refractivity (Wildman–Crippen MR) is 105 cm³/mol. The van der Waals surface area contributed by atoms with Crippen LogP contribution >= 0.6 is 8.03 Å². The zero-order chi connectivity index (χ0) is 21.3. The molecule has 1 saturated carbocycles. The molecule has 0 aromatic rings. The Bertz CT molecular complexity index is 526. The molecule has 9 heteroatoms. The van der Waals surface area contributed by atoms with E-state index in [1.54, 1.807) is 27.7 Å². The van der Waals surface area contributed by atoms with E-state index in [4.69, 9.17) is 14.4 Å². The van der Waals surface area contributed by atoms with E-state index >= 15 is 0 Å². The standard InChI is InChI=1S/C19H34NO7P/c1-12(2)17(22)26-18(13(3)4)27-19(23)20-16(21)9-8-14-6-5-7-15(10-14)11-28(24)25/h12-16,18,21H,5-11H2,1-4H3,(H-,20,23,24,25)/p+1/t14?,15?,16?,18-/m1/s1. The van der Waals surface area contributed by atoms with Gasteiger partial charge in [-0.1, -0.05) is 40.5 Å². The second-order valence-electron chi connectivity index (χ2n) is 8.28. The highest BCUT2D eigenvalue weighted by Gasteiger charge is 2.29. The summed E-state index contributed by atoms with van der Waals surface area (Å²) >= 11 is 0. The number of aliphatic hydroxyl groups excluding tert-OH is 1. The Morgan fingerprint density at radius 2 is 1.79 bits per heavy atom. The molecule has 162 valence electrons. The lowest BCUT2D eigenvalue weighted by Gasteiger charge is -2.27. The number of esters is 1. The molecule has 0 spiro atoms. The minimum atomic E-state index is -2.11. The van der Waals surface area contributed by atoms with Crippen LogP contribution in [0.3, 0.4) is 0 Å². The summed E-state index contributed by atoms with van der Waals surface area (Å²) < 4.78 is 21.3. The maximum Gasteiger partial charge on any atom is 0.505 e. The Labute approximate surface area is 168 Å². The van der Waals surface area contributed by atoms with Crippen molar-refractivity contribution in [3.05, 3.63) is 0 Å². The number of carbonyl (C=O) groups is 2. The van der Waals surface area contributed by atoms with Crippen LogP contribution in [-0.2, 0) is 18.8 Å². The smallest absolute Gasteiger partial charge is 0.425 e. The van der Waals surface area contributed by atoms with Gasteiger partial charge in [-0.2, -0.15) is 4.89 Å². The normalized spacial score (nSPS) is 22.5. The van der Waals surface area contributed by atoms with E-state index in [-0.39, 0.29) is 17.8 Å². The first-order valence-electron chi connectivity index (χ1n) is 10.1. The number of nitrogens with one attached hydrogen (secondary N) is 1. The molecular formula is C19H35NO7P+. The molecule has 8 nitrogen and oxygen atoms in total. The molecule has 4 unspecified atom stereocenters. The fourth-order valence-corrected chi connectivity index (χ4v) is 4.11. The Kier molecular flexibility index (Phi) is 10.9. The third-order valence-electron chi connectivity index (χ3n) is 4.91. The molecule has 0 saturated heterocycles. The van der Waals surface area contributed by atoms with Gasteiger partial charge in [-0.3, -0.25) is 10.1 Å². The highest BCUT2D eigenvalue weighted by atomic mass is 31.1. The van der Waals surface area contributed by atoms with Crippen molar-refractivity contribution in [2.75, 3.05) is 6.16 Å². The number of hydrogen-bond donors (Lipinski definition) is 3. The number of amides is 1. The van der Waals surface area contributed by atoms with Crippen LogP contribution in [0.5, 0.6) is 0 Å². The summed E-state index contributed by atoms with van der Waals surface area (Å²) in [7, 11) is -2.11. The van der Waals surface area contributed by atoms with Crippen molar-refractivity contribution in [1.29, 1.82) is 0 Å². The summed E-state index contributed by atoms with van der Waals surface area (Å²) in [6.45, 7) is 6.92. The number of alkyl carbamates (subject to hydrolysis) is 1. The van der Waals surface area contributed by atoms with Gasteiger partial charge < -0.3 is 14.6 Å². The number of ether oxygens (including phenoxy) is 2. The molecule has 1 rings (SSSR count). The van der Waals surface area contributed by atoms with Crippen molar-refractivity contribution in [3.8, 4) is 0 Å². The van der Waals surface area contributed by atoms with Crippen molar-refractivity contribution in [2.45, 2.75) is 78.7 Å². The molecule has 1 aliphatic rings. The lowest BCUT2D eigenvalue weighted by Crippen LogP contribution is -2.40. The van der Waals surface area contributed by atoms with Gasteiger partial charge in [0.15, 0.2) is 6.16 Å². The van der Waals surface area contributed by atoms with Crippen molar-refractivity contribution in [3.63, 3.8) is 0 Å². The largest absolute Gasteiger partial charge is 0.505 e. The molecule has 1 fully saturated rings. The van der Waals surface area contributed by atoms with E-state index in [0.29, 0.717) is 18.5 Å². The van der Waals surface area contributed by atoms with Crippen LogP contribution in [0, 0.1) is 23.7 Å². The third kappa shape index (κ3) is 9.80. The van der Waals surface area contributed by atoms with Crippen LogP contribution in [0.25, 0.3) is 0 Å². The van der Waals surface area contributed by atoms with Crippen LogP contribution in [0.2, 0.25) is 0 Å². The summed E-state index contributed by atoms with van der Waals surface area (Å²) in [6, 6.07) is 0. The van der Waals surface area contributed by atoms with Crippen molar-refractivity contribution >= 4 is 20.1 Å². The average Bonchev–Trinajstić information content (AvgIpc) is 2.58. The van der Waals surface area contributed by atoms with Gasteiger partial charge in [-0.05, 0) is 36.2 Å². The summed E-state index contributed by atoms with van der Waals surface area (Å²) in [5.74, 6) is -0.380. The fourth-order valence-electron chi connectivity index (χ4n) is 3.34. The van der Waals surface area contributed by atoms with E-state index in [1.807, 2.05) is 0 Å². The Morgan fingerprint density at radius 1 is 1.14 bits per heavy atom. The predicted octanol–water partition coefficient (Wildman–Crippen LogP) is 3.53. The van der Waals surface area contributed by atoms with Crippen LogP contribution in [0.1, 0.15) is 66.2 Å². The van der Waals surface area contributed by atoms with Gasteiger partial charge in [0.25, 0.3) is 6.29 Å². The molecule has 0 heterocycles. The summed E-state index contributed by atoms with van der Waals surface area (Å²) in [5.41, 5.74) is 0. The lowest BCUT2D eigenvalue weighted by molar-refractivity contribution is -0.179. The molecule has 5 atom stereocenters. The van der Waals surface area contributed by atoms with Gasteiger partial charge in [0.1, 0.15) is 6.23 Å². The first kappa shape index (κ1) is 24.8. The molecule has 28 heavy (non-hydrogen) atoms. The van der Waals surface area contributed by atoms with E-state index in [9.17, 15) is 19.3 Å². The van der Waals surface area contributed by atoms with E-state index in [0.717, 1.165) is 32.1 Å². The van der Waals surface area contributed by atoms with Crippen molar-refractivity contribution in [1.82, 2.24) is 5.32 Å². The van der Waals surface area contributed by atoms with E-state index in [1.165, 1.54) is 0 Å². The second kappa shape index (κ2) is 12.3. The molecule has 0 aromatic carbocycles. The maximum absolute atomic E-state index is 12.0. The van der Waals surface area contributed by atoms with Crippen molar-refractivity contribution < 1.29 is 33.6 Å². The minimum Gasteiger partial charge on any atom is -0.425 e. The number of carbonyl (C=O) groups excluding carboxylic acids is 2. The molecule has 0 bridgehead atoms. The Balaban J connectivity index is 2.38. The van der Waals surface area contributed by atoms with E-state index < -0.39 is 32.6 Å². The topological polar surface area (TPSA) is 122 Å². The summed E-state index contributed by atoms with van der Waals surface area (Å²) in [4.78, 5) is 32.8. The SMILES string of the molecule is CC(C)C(=O)O[C@H](OC(=O)NC(O)CCC1CCCC(C[P+](=O)O)C1)C(C)C. The Hall–Kier alpha value is -1.24. The second-order valence-corrected chi connectivity index (χ2v) is 9.35. The quantitative estimate of drug-likeness (QED) is 0.281. The maximum atomic E-state index is 12.0. The number of aliphatic hydroxyl groups is 1. The molecule has 0 radical (unpaired) electrons. The first-order chi connectivity index (χ1) is 13.1. The van der Waals surface area contributed by atoms with Gasteiger partial charge in [-0.25, -0.2) is 4.79 Å². The average molecular weight is 420 g/mol. The number of rotatable bonds is 10. The van der Waals surface area contributed by atoms with Crippen molar-refractivity contribution in [2.24, 2.45) is 23.7 Å². The van der Waals surface area contributed by atoms with Gasteiger partial charge in [0, 0.05) is 11.8 Å². The van der Waals surface area contributed by atoms with E-state index in [2.05, 4.69) is 5.32 Å². The van der Waals surface area contributed by atoms with Gasteiger partial charge >= 0.3 is 20.1 Å². The van der Waals surface area contributed by atoms with Gasteiger partial charge in [0.2, 0.25) is 0 Å². The monoisotopic (exact) mass is 420 g/mol. The van der Waals surface area contributed by atoms with Gasteiger partial charge in [0.05, 0.1) is 5.92 Å². The highest BCUT2D eigenvalue weighted by Crippen LogP contribution is 2.35. The zero-order valence-corrected chi connectivity index (χ0v) is 18.2. The molecule has 1 amide bonds. The Morgan fingerprint density at radius 3 is 2.36 bits per heavy atom. The molecule has 0 aliphatic heterocycles. The van der Waals surface area contributed by atoms with Crippen LogP contribution in [0.15, 0.2) is 0 Å². The summed E-state index contributed by atoms with van der Waals surface area (Å²) in [6.07, 6.45) is 2.41. The van der Waals surface area contributed by atoms with Crippen LogP contribution in [-0.4, -0.2) is 40.7 Å². The van der Waals surface area contributed by atoms with Crippen LogP contribution in [0.4, 0.5) is 4.79 Å². The first-order valence-corrected chi connectivity index (χ1v) is 11.5. The number of hydrogen-bond acceptors (Lipinski definition) is 6. The third-order valence-corrected chi connectivity index (χ3v) is 5.74. The molecular weight excluding hydrogens is 385 g/mol. The summed E-state index contributed by atoms with van der Waals surface area (Å²) in [5, 5.41) is 12.4. The fraction of sp³-hybridized carbons (Fsp3) is 0.895. The lowest BCUT2D eigenvalue weighted by atomic mass is 9.80. The van der Waals surface area contributed by atoms with Crippen LogP contribution < -0.4 is 5.32 Å².